The fourth-order valence-corrected chi connectivity index (χ4v) is 7.03. The minimum absolute atomic E-state index is 0.0897. The Hall–Kier alpha value is -4.23. The summed E-state index contributed by atoms with van der Waals surface area (Å²) in [5.41, 5.74) is 3.52. The highest BCUT2D eigenvalue weighted by molar-refractivity contribution is 8.01. The summed E-state index contributed by atoms with van der Waals surface area (Å²) in [6, 6.07) is 31.4. The monoisotopic (exact) mass is 582 g/mol. The van der Waals surface area contributed by atoms with Gasteiger partial charge in [-0.15, -0.1) is 11.8 Å². The molecule has 6 nitrogen and oxygen atoms in total. The van der Waals surface area contributed by atoms with Crippen molar-refractivity contribution in [3.05, 3.63) is 145 Å². The van der Waals surface area contributed by atoms with Crippen LogP contribution in [-0.4, -0.2) is 66.6 Å². The van der Waals surface area contributed by atoms with Crippen LogP contribution in [0.15, 0.2) is 128 Å². The molecule has 218 valence electrons. The van der Waals surface area contributed by atoms with Crippen LogP contribution in [0.5, 0.6) is 0 Å². The summed E-state index contributed by atoms with van der Waals surface area (Å²) >= 11 is 1.86. The first-order chi connectivity index (χ1) is 20.5. The van der Waals surface area contributed by atoms with Gasteiger partial charge < -0.3 is 19.3 Å². The number of carbonyl (C=O) groups excluding carboxylic acids is 2. The Bertz CT molecular complexity index is 1250. The van der Waals surface area contributed by atoms with Gasteiger partial charge in [-0.05, 0) is 23.1 Å². The number of hydrogen-bond acceptors (Lipinski definition) is 5. The van der Waals surface area contributed by atoms with Crippen molar-refractivity contribution in [3.63, 3.8) is 0 Å². The van der Waals surface area contributed by atoms with Crippen LogP contribution in [0.4, 0.5) is 9.59 Å². The van der Waals surface area contributed by atoms with E-state index in [4.69, 9.17) is 9.47 Å². The third-order valence-electron chi connectivity index (χ3n) is 7.12. The quantitative estimate of drug-likeness (QED) is 0.166. The normalized spacial score (nSPS) is 16.6. The van der Waals surface area contributed by atoms with Crippen molar-refractivity contribution in [2.24, 2.45) is 0 Å². The summed E-state index contributed by atoms with van der Waals surface area (Å²) < 4.78 is 10.1. The van der Waals surface area contributed by atoms with E-state index in [1.54, 1.807) is 18.0 Å². The van der Waals surface area contributed by atoms with Crippen molar-refractivity contribution in [1.82, 2.24) is 9.80 Å². The molecular formula is C35H38N2O4S. The molecule has 2 amide bonds. The molecule has 0 bridgehead atoms. The van der Waals surface area contributed by atoms with Crippen molar-refractivity contribution >= 4 is 23.9 Å². The molecule has 0 radical (unpaired) electrons. The van der Waals surface area contributed by atoms with Crippen LogP contribution in [0.1, 0.15) is 23.1 Å². The number of benzene rings is 3. The number of hydrogen-bond donors (Lipinski definition) is 0. The lowest BCUT2D eigenvalue weighted by atomic mass is 9.84. The van der Waals surface area contributed by atoms with Gasteiger partial charge in [0, 0.05) is 25.4 Å². The van der Waals surface area contributed by atoms with Crippen LogP contribution in [0.25, 0.3) is 0 Å². The highest BCUT2D eigenvalue weighted by Gasteiger charge is 2.44. The number of nitrogens with zero attached hydrogens (tertiary/aromatic N) is 2. The van der Waals surface area contributed by atoms with Crippen molar-refractivity contribution in [1.29, 1.82) is 0 Å². The predicted molar refractivity (Wildman–Crippen MR) is 171 cm³/mol. The molecule has 42 heavy (non-hydrogen) atoms. The van der Waals surface area contributed by atoms with Gasteiger partial charge in [-0.3, -0.25) is 0 Å². The number of likely N-dealkylation sites (tertiary alicyclic amines) is 1. The first-order valence-electron chi connectivity index (χ1n) is 14.0. The summed E-state index contributed by atoms with van der Waals surface area (Å²) in [6.07, 6.45) is 6.91. The molecule has 3 aromatic rings. The molecule has 0 saturated carbocycles. The Labute approximate surface area is 253 Å². The van der Waals surface area contributed by atoms with Crippen molar-refractivity contribution in [3.8, 4) is 0 Å². The number of amides is 2. The zero-order chi connectivity index (χ0) is 29.8. The third kappa shape index (κ3) is 7.34. The van der Waals surface area contributed by atoms with Crippen LogP contribution in [0, 0.1) is 0 Å². The summed E-state index contributed by atoms with van der Waals surface area (Å²) in [7, 11) is 1.67. The minimum atomic E-state index is -0.501. The number of ether oxygens (including phenoxy) is 2. The van der Waals surface area contributed by atoms with Gasteiger partial charge in [0.15, 0.2) is 0 Å². The highest BCUT2D eigenvalue weighted by Crippen LogP contribution is 2.52. The molecule has 1 heterocycles. The average molecular weight is 583 g/mol. The molecule has 1 aliphatic rings. The lowest BCUT2D eigenvalue weighted by Gasteiger charge is -2.37. The molecule has 4 rings (SSSR count). The predicted octanol–water partition coefficient (Wildman–Crippen LogP) is 7.29. The standard InChI is InChI=1S/C35H38N2O4S/c1-4-24-40-33(38)36(3)23-15-22-31-26-32(27-37(31)34(39)41-25-5-2)42-35(28-16-9-6-10-17-28,29-18-11-7-12-19-29)30-20-13-8-14-21-30/h4-22,31-32H,1-2,23-27H2,3H3/b22-15+/t31-,32+/m1/s1. The Morgan fingerprint density at radius 1 is 0.881 bits per heavy atom. The fraction of sp³-hybridized carbons (Fsp3) is 0.257. The van der Waals surface area contributed by atoms with Crippen molar-refractivity contribution in [2.45, 2.75) is 22.5 Å². The number of thioether (sulfide) groups is 1. The van der Waals surface area contributed by atoms with E-state index in [0.717, 1.165) is 6.42 Å². The van der Waals surface area contributed by atoms with Crippen LogP contribution in [0.2, 0.25) is 0 Å². The topological polar surface area (TPSA) is 59.1 Å². The molecule has 0 aliphatic carbocycles. The molecule has 0 spiro atoms. The lowest BCUT2D eigenvalue weighted by Crippen LogP contribution is -2.36. The van der Waals surface area contributed by atoms with Crippen LogP contribution >= 0.6 is 11.8 Å². The van der Waals surface area contributed by atoms with Gasteiger partial charge in [0.25, 0.3) is 0 Å². The second-order valence-corrected chi connectivity index (χ2v) is 11.5. The Morgan fingerprint density at radius 3 is 1.88 bits per heavy atom. The summed E-state index contributed by atoms with van der Waals surface area (Å²) in [5, 5.41) is 0.0897. The summed E-state index contributed by atoms with van der Waals surface area (Å²) in [6.45, 7) is 8.42. The van der Waals surface area contributed by atoms with Gasteiger partial charge in [-0.2, -0.15) is 0 Å². The number of carbonyl (C=O) groups is 2. The zero-order valence-corrected chi connectivity index (χ0v) is 24.8. The van der Waals surface area contributed by atoms with E-state index in [1.165, 1.54) is 27.7 Å². The van der Waals surface area contributed by atoms with Crippen molar-refractivity contribution < 1.29 is 19.1 Å². The van der Waals surface area contributed by atoms with Gasteiger partial charge in [0.05, 0.1) is 10.8 Å². The molecule has 2 atom stereocenters. The van der Waals surface area contributed by atoms with Crippen molar-refractivity contribution in [2.75, 3.05) is 33.4 Å². The maximum atomic E-state index is 13.2. The molecule has 1 saturated heterocycles. The van der Waals surface area contributed by atoms with E-state index in [1.807, 2.05) is 42.1 Å². The van der Waals surface area contributed by atoms with Crippen LogP contribution in [0.3, 0.4) is 0 Å². The van der Waals surface area contributed by atoms with Gasteiger partial charge in [-0.25, -0.2) is 9.59 Å². The first kappa shape index (κ1) is 30.7. The molecule has 0 N–H and O–H groups in total. The lowest BCUT2D eigenvalue weighted by molar-refractivity contribution is 0.113. The molecular weight excluding hydrogens is 544 g/mol. The van der Waals surface area contributed by atoms with Gasteiger partial charge in [-0.1, -0.05) is 128 Å². The van der Waals surface area contributed by atoms with Crippen LogP contribution in [-0.2, 0) is 14.2 Å². The van der Waals surface area contributed by atoms with Crippen LogP contribution < -0.4 is 0 Å². The molecule has 3 aromatic carbocycles. The van der Waals surface area contributed by atoms with Gasteiger partial charge in [0.1, 0.15) is 13.2 Å². The smallest absolute Gasteiger partial charge is 0.410 e. The van der Waals surface area contributed by atoms with E-state index in [2.05, 4.69) is 86.0 Å². The second-order valence-electron chi connectivity index (χ2n) is 10.0. The Morgan fingerprint density at radius 2 is 1.38 bits per heavy atom. The number of likely N-dealkylation sites (N-methyl/N-ethyl adjacent to an activating group) is 1. The SMILES string of the molecule is C=CCOC(=O)N(C)C/C=C/[C@@H]1C[C@H](SC(c2ccccc2)(c2ccccc2)c2ccccc2)CN1C(=O)OCC=C. The largest absolute Gasteiger partial charge is 0.445 e. The maximum Gasteiger partial charge on any atom is 0.410 e. The average Bonchev–Trinajstić information content (AvgIpc) is 3.44. The molecule has 7 heteroatoms. The summed E-state index contributed by atoms with van der Waals surface area (Å²) in [4.78, 5) is 28.6. The molecule has 1 aliphatic heterocycles. The number of rotatable bonds is 12. The van der Waals surface area contributed by atoms with E-state index in [9.17, 15) is 9.59 Å². The first-order valence-corrected chi connectivity index (χ1v) is 14.9. The highest BCUT2D eigenvalue weighted by atomic mass is 32.2. The Balaban J connectivity index is 1.66. The third-order valence-corrected chi connectivity index (χ3v) is 8.86. The van der Waals surface area contributed by atoms with E-state index < -0.39 is 10.8 Å². The Kier molecular flexibility index (Phi) is 11.1. The van der Waals surface area contributed by atoms with E-state index >= 15 is 0 Å². The molecule has 0 aromatic heterocycles. The molecule has 1 fully saturated rings. The fourth-order valence-electron chi connectivity index (χ4n) is 5.18. The van der Waals surface area contributed by atoms with E-state index in [0.29, 0.717) is 13.1 Å². The van der Waals surface area contributed by atoms with Gasteiger partial charge >= 0.3 is 12.2 Å². The zero-order valence-electron chi connectivity index (χ0n) is 24.0. The minimum Gasteiger partial charge on any atom is -0.445 e. The maximum absolute atomic E-state index is 13.2. The summed E-state index contributed by atoms with van der Waals surface area (Å²) in [5.74, 6) is 0. The van der Waals surface area contributed by atoms with Gasteiger partial charge in [0.2, 0.25) is 0 Å². The van der Waals surface area contributed by atoms with E-state index in [-0.39, 0.29) is 30.6 Å². The second kappa shape index (κ2) is 15.1. The molecule has 0 unspecified atom stereocenters.